The van der Waals surface area contributed by atoms with Gasteiger partial charge < -0.3 is 19.6 Å². The molecule has 0 atom stereocenters. The van der Waals surface area contributed by atoms with Crippen LogP contribution in [-0.2, 0) is 6.42 Å². The number of pyridine rings is 1. The van der Waals surface area contributed by atoms with E-state index in [1.165, 1.54) is 11.1 Å². The Labute approximate surface area is 175 Å². The van der Waals surface area contributed by atoms with Crippen LogP contribution in [0.5, 0.6) is 5.75 Å². The first-order valence-electron chi connectivity index (χ1n) is 9.87. The van der Waals surface area contributed by atoms with Crippen LogP contribution in [0.25, 0.3) is 21.3 Å². The minimum Gasteiger partial charge on any atom is -0.494 e. The third-order valence-electron chi connectivity index (χ3n) is 5.85. The molecular formula is C22H20N2O5S. The van der Waals surface area contributed by atoms with Gasteiger partial charge in [0.15, 0.2) is 5.75 Å². The molecule has 8 heteroatoms. The summed E-state index contributed by atoms with van der Waals surface area (Å²) in [7, 11) is 1.57. The van der Waals surface area contributed by atoms with Gasteiger partial charge in [0.25, 0.3) is 0 Å². The van der Waals surface area contributed by atoms with Crippen molar-refractivity contribution in [3.8, 4) is 16.2 Å². The predicted octanol–water partition coefficient (Wildman–Crippen LogP) is 4.29. The van der Waals surface area contributed by atoms with Crippen molar-refractivity contribution < 1.29 is 19.8 Å². The molecule has 1 fully saturated rings. The van der Waals surface area contributed by atoms with Crippen LogP contribution < -0.4 is 10.2 Å². The molecule has 154 valence electrons. The first-order chi connectivity index (χ1) is 14.5. The first-order valence-corrected chi connectivity index (χ1v) is 10.7. The minimum atomic E-state index is -1.22. The number of benzene rings is 1. The standard InChI is InChI=1S/C22H20N2O5S/c1-29-21-12(18-9-14-16(23-28)3-2-4-17(14)30-18)7-8-13-19(21)24(11-5-6-11)10-15(20(13)25)22(26)27/h7-11,28H,2-6H2,1H3,(H,26,27)/b23-16-. The third kappa shape index (κ3) is 2.82. The van der Waals surface area contributed by atoms with Crippen LogP contribution in [0.4, 0.5) is 0 Å². The fraction of sp³-hybridized carbons (Fsp3) is 0.318. The van der Waals surface area contributed by atoms with Gasteiger partial charge in [0, 0.05) is 33.1 Å². The lowest BCUT2D eigenvalue weighted by Crippen LogP contribution is -2.19. The highest BCUT2D eigenvalue weighted by atomic mass is 32.1. The lowest BCUT2D eigenvalue weighted by molar-refractivity contribution is 0.0695. The van der Waals surface area contributed by atoms with Gasteiger partial charge in [0.2, 0.25) is 5.43 Å². The van der Waals surface area contributed by atoms with Crippen molar-refractivity contribution >= 4 is 33.9 Å². The maximum atomic E-state index is 12.8. The number of aromatic carboxylic acids is 1. The highest BCUT2D eigenvalue weighted by Gasteiger charge is 2.30. The second kappa shape index (κ2) is 6.98. The molecule has 7 nitrogen and oxygen atoms in total. The van der Waals surface area contributed by atoms with Crippen molar-refractivity contribution in [1.29, 1.82) is 0 Å². The Morgan fingerprint density at radius 1 is 1.27 bits per heavy atom. The molecule has 0 bridgehead atoms. The van der Waals surface area contributed by atoms with E-state index in [-0.39, 0.29) is 11.6 Å². The number of aromatic nitrogens is 1. The maximum absolute atomic E-state index is 12.8. The quantitative estimate of drug-likeness (QED) is 0.481. The number of thiophene rings is 1. The molecular weight excluding hydrogens is 404 g/mol. The highest BCUT2D eigenvalue weighted by molar-refractivity contribution is 7.16. The molecule has 0 amide bonds. The largest absolute Gasteiger partial charge is 0.494 e. The first kappa shape index (κ1) is 18.9. The predicted molar refractivity (Wildman–Crippen MR) is 115 cm³/mol. The Kier molecular flexibility index (Phi) is 4.39. The number of rotatable bonds is 4. The van der Waals surface area contributed by atoms with Gasteiger partial charge in [-0.25, -0.2) is 4.79 Å². The summed E-state index contributed by atoms with van der Waals surface area (Å²) in [5, 5.41) is 22.6. The van der Waals surface area contributed by atoms with Crippen molar-refractivity contribution in [3.05, 3.63) is 50.6 Å². The van der Waals surface area contributed by atoms with Crippen LogP contribution in [-0.4, -0.2) is 33.7 Å². The second-order valence-corrected chi connectivity index (χ2v) is 8.84. The molecule has 1 saturated carbocycles. The topological polar surface area (TPSA) is 101 Å². The zero-order chi connectivity index (χ0) is 21.0. The highest BCUT2D eigenvalue weighted by Crippen LogP contribution is 2.45. The number of hydrogen-bond acceptors (Lipinski definition) is 6. The molecule has 2 aromatic heterocycles. The van der Waals surface area contributed by atoms with Crippen LogP contribution in [0.15, 0.2) is 34.3 Å². The number of oxime groups is 1. The summed E-state index contributed by atoms with van der Waals surface area (Å²) in [5.74, 6) is -0.657. The van der Waals surface area contributed by atoms with Gasteiger partial charge in [-0.15, -0.1) is 11.3 Å². The van der Waals surface area contributed by atoms with Gasteiger partial charge in [-0.3, -0.25) is 4.79 Å². The average Bonchev–Trinajstić information content (AvgIpc) is 3.50. The van der Waals surface area contributed by atoms with Gasteiger partial charge >= 0.3 is 5.97 Å². The number of hydrogen-bond donors (Lipinski definition) is 2. The van der Waals surface area contributed by atoms with Crippen LogP contribution in [0.2, 0.25) is 0 Å². The SMILES string of the molecule is COc1c(-c2cc3c(s2)CCC/C3=N/O)ccc2c(=O)c(C(=O)O)cn(C3CC3)c12. The lowest BCUT2D eigenvalue weighted by atomic mass is 9.96. The van der Waals surface area contributed by atoms with Gasteiger partial charge in [-0.05, 0) is 50.3 Å². The molecule has 0 unspecified atom stereocenters. The van der Waals surface area contributed by atoms with Gasteiger partial charge in [-0.2, -0.15) is 0 Å². The average molecular weight is 424 g/mol. The molecule has 0 radical (unpaired) electrons. The Morgan fingerprint density at radius 2 is 2.07 bits per heavy atom. The molecule has 0 aliphatic heterocycles. The van der Waals surface area contributed by atoms with Crippen molar-refractivity contribution in [1.82, 2.24) is 4.57 Å². The van der Waals surface area contributed by atoms with Gasteiger partial charge in [0.05, 0.1) is 23.7 Å². The summed E-state index contributed by atoms with van der Waals surface area (Å²) in [6, 6.07) is 5.70. The van der Waals surface area contributed by atoms with Crippen molar-refractivity contribution in [2.45, 2.75) is 38.1 Å². The summed E-state index contributed by atoms with van der Waals surface area (Å²) in [6.07, 6.45) is 5.95. The summed E-state index contributed by atoms with van der Waals surface area (Å²) in [5.41, 5.74) is 2.42. The van der Waals surface area contributed by atoms with Gasteiger partial charge in [0.1, 0.15) is 5.56 Å². The number of carboxylic acids is 1. The van der Waals surface area contributed by atoms with Crippen molar-refractivity contribution in [3.63, 3.8) is 0 Å². The summed E-state index contributed by atoms with van der Waals surface area (Å²) >= 11 is 1.63. The Morgan fingerprint density at radius 3 is 2.73 bits per heavy atom. The Bertz CT molecular complexity index is 1280. The molecule has 1 aromatic carbocycles. The molecule has 0 spiro atoms. The normalized spacial score (nSPS) is 17.3. The van der Waals surface area contributed by atoms with E-state index < -0.39 is 11.4 Å². The molecule has 0 saturated heterocycles. The molecule has 30 heavy (non-hydrogen) atoms. The van der Waals surface area contributed by atoms with Crippen LogP contribution in [0, 0.1) is 0 Å². The van der Waals surface area contributed by atoms with E-state index in [1.807, 2.05) is 16.7 Å². The number of methoxy groups -OCH3 is 1. The van der Waals surface area contributed by atoms with Crippen LogP contribution in [0.1, 0.15) is 52.5 Å². The maximum Gasteiger partial charge on any atom is 0.341 e. The molecule has 2 aliphatic carbocycles. The minimum absolute atomic E-state index is 0.167. The third-order valence-corrected chi connectivity index (χ3v) is 7.07. The number of nitrogens with zero attached hydrogens (tertiary/aromatic N) is 2. The molecule has 5 rings (SSSR count). The fourth-order valence-electron chi connectivity index (χ4n) is 4.26. The van der Waals surface area contributed by atoms with E-state index in [4.69, 9.17) is 4.74 Å². The zero-order valence-corrected chi connectivity index (χ0v) is 17.2. The molecule has 2 N–H and O–H groups in total. The molecule has 2 aliphatic rings. The van der Waals surface area contributed by atoms with Crippen LogP contribution >= 0.6 is 11.3 Å². The van der Waals surface area contributed by atoms with Crippen molar-refractivity contribution in [2.24, 2.45) is 5.16 Å². The van der Waals surface area contributed by atoms with Gasteiger partial charge in [-0.1, -0.05) is 5.16 Å². The number of carbonyl (C=O) groups is 1. The molecule has 2 heterocycles. The van der Waals surface area contributed by atoms with E-state index in [0.29, 0.717) is 22.4 Å². The Balaban J connectivity index is 1.79. The summed E-state index contributed by atoms with van der Waals surface area (Å²) in [6.45, 7) is 0. The van der Waals surface area contributed by atoms with E-state index in [0.717, 1.165) is 48.1 Å². The summed E-state index contributed by atoms with van der Waals surface area (Å²) in [4.78, 5) is 26.6. The van der Waals surface area contributed by atoms with E-state index >= 15 is 0 Å². The van der Waals surface area contributed by atoms with E-state index in [2.05, 4.69) is 5.16 Å². The van der Waals surface area contributed by atoms with Crippen LogP contribution in [0.3, 0.4) is 0 Å². The summed E-state index contributed by atoms with van der Waals surface area (Å²) < 4.78 is 7.68. The number of aryl methyl sites for hydroxylation is 1. The fourth-order valence-corrected chi connectivity index (χ4v) is 5.50. The number of ether oxygens (including phenoxy) is 1. The monoisotopic (exact) mass is 424 g/mol. The van der Waals surface area contributed by atoms with Crippen molar-refractivity contribution in [2.75, 3.05) is 7.11 Å². The lowest BCUT2D eigenvalue weighted by Gasteiger charge is -2.17. The van der Waals surface area contributed by atoms with E-state index in [1.54, 1.807) is 24.5 Å². The van der Waals surface area contributed by atoms with E-state index in [9.17, 15) is 19.9 Å². The Hall–Kier alpha value is -3.13. The molecule has 3 aromatic rings. The second-order valence-electron chi connectivity index (χ2n) is 7.71. The number of fused-ring (bicyclic) bond motifs is 2. The zero-order valence-electron chi connectivity index (χ0n) is 16.3. The number of carboxylic acid groups (broad SMARTS) is 1. The smallest absolute Gasteiger partial charge is 0.341 e.